The molecule has 29 heavy (non-hydrogen) atoms. The molecular formula is C22H31N7. The molecule has 0 radical (unpaired) electrons. The summed E-state index contributed by atoms with van der Waals surface area (Å²) in [5, 5.41) is 5.71. The van der Waals surface area contributed by atoms with Crippen molar-refractivity contribution in [1.29, 1.82) is 0 Å². The Morgan fingerprint density at radius 2 is 1.69 bits per heavy atom. The van der Waals surface area contributed by atoms with Gasteiger partial charge in [0.05, 0.1) is 0 Å². The van der Waals surface area contributed by atoms with Crippen LogP contribution in [0.25, 0.3) is 11.2 Å². The van der Waals surface area contributed by atoms with Crippen LogP contribution in [0.3, 0.4) is 0 Å². The molecule has 1 aromatic carbocycles. The summed E-state index contributed by atoms with van der Waals surface area (Å²) in [6, 6.07) is 10.3. The van der Waals surface area contributed by atoms with Gasteiger partial charge >= 0.3 is 0 Å². The number of nitrogens with one attached hydrogen (secondary N) is 2. The molecule has 1 fully saturated rings. The third-order valence-corrected chi connectivity index (χ3v) is 5.26. The summed E-state index contributed by atoms with van der Waals surface area (Å²) in [4.78, 5) is 14.5. The molecule has 0 aliphatic carbocycles. The molecule has 1 saturated heterocycles. The van der Waals surface area contributed by atoms with Gasteiger partial charge in [-0.1, -0.05) is 36.8 Å². The molecule has 1 aliphatic rings. The fourth-order valence-corrected chi connectivity index (χ4v) is 3.97. The Morgan fingerprint density at radius 3 is 2.38 bits per heavy atom. The molecule has 1 aliphatic heterocycles. The van der Waals surface area contributed by atoms with Crippen molar-refractivity contribution in [2.75, 3.05) is 23.8 Å². The Labute approximate surface area is 172 Å². The van der Waals surface area contributed by atoms with Gasteiger partial charge in [0.2, 0.25) is 5.95 Å². The number of piperidine rings is 1. The summed E-state index contributed by atoms with van der Waals surface area (Å²) in [5.74, 6) is 2.34. The third kappa shape index (κ3) is 4.34. The molecule has 3 heterocycles. The van der Waals surface area contributed by atoms with Gasteiger partial charge < -0.3 is 9.88 Å². The number of hydrogen-bond acceptors (Lipinski definition) is 6. The van der Waals surface area contributed by atoms with Crippen molar-refractivity contribution in [3.63, 3.8) is 0 Å². The molecular weight excluding hydrogens is 362 g/mol. The number of aryl methyl sites for hydroxylation is 1. The van der Waals surface area contributed by atoms with Crippen LogP contribution < -0.4 is 10.7 Å². The first kappa shape index (κ1) is 19.6. The van der Waals surface area contributed by atoms with Crippen LogP contribution in [0.5, 0.6) is 0 Å². The Hall–Kier alpha value is -2.67. The van der Waals surface area contributed by atoms with E-state index in [4.69, 9.17) is 15.0 Å². The van der Waals surface area contributed by atoms with E-state index in [0.717, 1.165) is 35.9 Å². The highest BCUT2D eigenvalue weighted by Gasteiger charge is 2.24. The topological polar surface area (TPSA) is 70.9 Å². The highest BCUT2D eigenvalue weighted by Crippen LogP contribution is 2.28. The average Bonchev–Trinajstić information content (AvgIpc) is 3.04. The Kier molecular flexibility index (Phi) is 5.41. The van der Waals surface area contributed by atoms with Crippen molar-refractivity contribution < 1.29 is 0 Å². The summed E-state index contributed by atoms with van der Waals surface area (Å²) in [6.07, 6.45) is 3.69. The standard InChI is InChI=1S/C22H31N7/c1-16-24-18-19(23-15-17-11-7-5-8-12-17)25-21(27-28-13-9-6-10-14-28)26-20(18)29(16)22(2,3)4/h5,7-8,11-12H,6,9-10,13-15H2,1-4H3,(H2,23,25,26,27). The maximum absolute atomic E-state index is 4.87. The summed E-state index contributed by atoms with van der Waals surface area (Å²) in [7, 11) is 0. The largest absolute Gasteiger partial charge is 0.364 e. The lowest BCUT2D eigenvalue weighted by atomic mass is 10.1. The van der Waals surface area contributed by atoms with Crippen molar-refractivity contribution in [3.05, 3.63) is 41.7 Å². The maximum atomic E-state index is 4.87. The highest BCUT2D eigenvalue weighted by atomic mass is 15.5. The lowest BCUT2D eigenvalue weighted by Crippen LogP contribution is -2.35. The van der Waals surface area contributed by atoms with Gasteiger partial charge in [-0.15, -0.1) is 0 Å². The minimum atomic E-state index is -0.119. The molecule has 0 bridgehead atoms. The maximum Gasteiger partial charge on any atom is 0.241 e. The highest BCUT2D eigenvalue weighted by molar-refractivity contribution is 5.85. The lowest BCUT2D eigenvalue weighted by molar-refractivity contribution is 0.271. The second-order valence-corrected chi connectivity index (χ2v) is 8.73. The first-order chi connectivity index (χ1) is 13.9. The molecule has 7 nitrogen and oxygen atoms in total. The summed E-state index contributed by atoms with van der Waals surface area (Å²) in [5.41, 5.74) is 6.19. The number of fused-ring (bicyclic) bond motifs is 1. The number of imidazole rings is 1. The third-order valence-electron chi connectivity index (χ3n) is 5.26. The van der Waals surface area contributed by atoms with Crippen LogP contribution in [0.4, 0.5) is 11.8 Å². The predicted molar refractivity (Wildman–Crippen MR) is 118 cm³/mol. The van der Waals surface area contributed by atoms with Crippen molar-refractivity contribution in [2.24, 2.45) is 0 Å². The van der Waals surface area contributed by atoms with E-state index in [2.05, 4.69) is 53.2 Å². The van der Waals surface area contributed by atoms with E-state index >= 15 is 0 Å². The van der Waals surface area contributed by atoms with Gasteiger partial charge in [0, 0.05) is 25.2 Å². The van der Waals surface area contributed by atoms with Crippen molar-refractivity contribution in [3.8, 4) is 0 Å². The van der Waals surface area contributed by atoms with Crippen LogP contribution in [0, 0.1) is 6.92 Å². The molecule has 4 rings (SSSR count). The van der Waals surface area contributed by atoms with E-state index in [0.29, 0.717) is 12.5 Å². The van der Waals surface area contributed by atoms with Gasteiger partial charge in [-0.05, 0) is 46.1 Å². The summed E-state index contributed by atoms with van der Waals surface area (Å²) < 4.78 is 2.19. The summed E-state index contributed by atoms with van der Waals surface area (Å²) >= 11 is 0. The monoisotopic (exact) mass is 393 g/mol. The van der Waals surface area contributed by atoms with Crippen LogP contribution in [0.15, 0.2) is 30.3 Å². The van der Waals surface area contributed by atoms with Crippen LogP contribution >= 0.6 is 0 Å². The summed E-state index contributed by atoms with van der Waals surface area (Å²) in [6.45, 7) is 11.3. The Balaban J connectivity index is 1.72. The molecule has 2 N–H and O–H groups in total. The number of anilines is 2. The first-order valence-corrected chi connectivity index (χ1v) is 10.5. The second kappa shape index (κ2) is 7.99. The zero-order chi connectivity index (χ0) is 20.4. The predicted octanol–water partition coefficient (Wildman–Crippen LogP) is 4.31. The minimum Gasteiger partial charge on any atom is -0.364 e. The Bertz CT molecular complexity index is 966. The smallest absolute Gasteiger partial charge is 0.241 e. The van der Waals surface area contributed by atoms with Crippen LogP contribution in [-0.4, -0.2) is 37.6 Å². The normalized spacial score (nSPS) is 15.6. The molecule has 0 atom stereocenters. The van der Waals surface area contributed by atoms with Crippen molar-refractivity contribution in [1.82, 2.24) is 24.5 Å². The average molecular weight is 394 g/mol. The van der Waals surface area contributed by atoms with Gasteiger partial charge in [-0.2, -0.15) is 9.97 Å². The molecule has 0 amide bonds. The molecule has 0 unspecified atom stereocenters. The molecule has 0 saturated carbocycles. The van der Waals surface area contributed by atoms with E-state index in [-0.39, 0.29) is 5.54 Å². The Morgan fingerprint density at radius 1 is 0.966 bits per heavy atom. The second-order valence-electron chi connectivity index (χ2n) is 8.73. The first-order valence-electron chi connectivity index (χ1n) is 10.5. The molecule has 7 heteroatoms. The molecule has 3 aromatic rings. The molecule has 2 aromatic heterocycles. The number of nitrogens with zero attached hydrogens (tertiary/aromatic N) is 5. The van der Waals surface area contributed by atoms with Crippen molar-refractivity contribution >= 4 is 22.9 Å². The van der Waals surface area contributed by atoms with E-state index < -0.39 is 0 Å². The van der Waals surface area contributed by atoms with Crippen molar-refractivity contribution in [2.45, 2.75) is 59.0 Å². The number of benzene rings is 1. The number of rotatable bonds is 5. The van der Waals surface area contributed by atoms with Gasteiger partial charge in [-0.25, -0.2) is 9.99 Å². The van der Waals surface area contributed by atoms with Gasteiger partial charge in [0.1, 0.15) is 5.82 Å². The van der Waals surface area contributed by atoms with Crippen LogP contribution in [0.1, 0.15) is 51.4 Å². The lowest BCUT2D eigenvalue weighted by Gasteiger charge is -2.27. The molecule has 154 valence electrons. The van der Waals surface area contributed by atoms with Gasteiger partial charge in [-0.3, -0.25) is 5.43 Å². The quantitative estimate of drug-likeness (QED) is 0.673. The minimum absolute atomic E-state index is 0.119. The van der Waals surface area contributed by atoms with Crippen LogP contribution in [0.2, 0.25) is 0 Å². The molecule has 0 spiro atoms. The van der Waals surface area contributed by atoms with E-state index in [9.17, 15) is 0 Å². The van der Waals surface area contributed by atoms with E-state index in [1.165, 1.54) is 24.8 Å². The zero-order valence-electron chi connectivity index (χ0n) is 17.9. The van der Waals surface area contributed by atoms with Gasteiger partial charge in [0.15, 0.2) is 17.0 Å². The van der Waals surface area contributed by atoms with Gasteiger partial charge in [0.25, 0.3) is 0 Å². The fraction of sp³-hybridized carbons (Fsp3) is 0.500. The zero-order valence-corrected chi connectivity index (χ0v) is 17.9. The van der Waals surface area contributed by atoms with E-state index in [1.807, 2.05) is 25.1 Å². The SMILES string of the molecule is Cc1nc2c(NCc3ccccc3)nc(NN3CCCCC3)nc2n1C(C)(C)C. The van der Waals surface area contributed by atoms with E-state index in [1.54, 1.807) is 0 Å². The number of aromatic nitrogens is 4. The fourth-order valence-electron chi connectivity index (χ4n) is 3.97. The number of hydrazine groups is 1. The van der Waals surface area contributed by atoms with Crippen LogP contribution in [-0.2, 0) is 12.1 Å². The number of hydrogen-bond donors (Lipinski definition) is 2.